The van der Waals surface area contributed by atoms with E-state index in [0.29, 0.717) is 22.0 Å². The third-order valence-electron chi connectivity index (χ3n) is 4.74. The van der Waals surface area contributed by atoms with Gasteiger partial charge in [-0.15, -0.1) is 0 Å². The largest absolute Gasteiger partial charge is 0.348 e. The van der Waals surface area contributed by atoms with E-state index in [9.17, 15) is 14.9 Å². The Kier molecular flexibility index (Phi) is 5.98. The number of nitro benzene ring substituents is 1. The summed E-state index contributed by atoms with van der Waals surface area (Å²) in [5.41, 5.74) is 1.78. The minimum Gasteiger partial charge on any atom is -0.348 e. The molecule has 0 spiro atoms. The van der Waals surface area contributed by atoms with E-state index in [2.05, 4.69) is 10.4 Å². The van der Waals surface area contributed by atoms with Crippen LogP contribution in [0.2, 0.25) is 5.02 Å². The van der Waals surface area contributed by atoms with Crippen LogP contribution in [-0.4, -0.2) is 26.7 Å². The molecular formula is C21H21ClN4O3. The Morgan fingerprint density at radius 2 is 1.86 bits per heavy atom. The number of benzene rings is 2. The molecule has 0 saturated heterocycles. The molecule has 1 N–H and O–H groups in total. The molecule has 1 amide bonds. The zero-order valence-electron chi connectivity index (χ0n) is 16.3. The third-order valence-corrected chi connectivity index (χ3v) is 5.07. The number of nitro groups is 1. The highest BCUT2D eigenvalue weighted by atomic mass is 35.5. The number of carbonyl (C=O) groups is 1. The van der Waals surface area contributed by atoms with Gasteiger partial charge in [0.2, 0.25) is 0 Å². The summed E-state index contributed by atoms with van der Waals surface area (Å²) in [7, 11) is 0. The standard InChI is InChI=1S/C21H21ClN4O3/c1-13(2)14(3)23-21(27)20-12-19(17-9-4-5-10-18(17)22)24-25(20)15-7-6-8-16(11-15)26(28)29/h4-14H,1-3H3,(H,23,27)/t14-/m1/s1. The van der Waals surface area contributed by atoms with Crippen molar-refractivity contribution in [3.8, 4) is 16.9 Å². The molecule has 1 atom stereocenters. The minimum absolute atomic E-state index is 0.0558. The molecule has 0 aliphatic rings. The topological polar surface area (TPSA) is 90.1 Å². The van der Waals surface area contributed by atoms with Gasteiger partial charge in [-0.3, -0.25) is 14.9 Å². The van der Waals surface area contributed by atoms with Crippen molar-refractivity contribution in [2.24, 2.45) is 5.92 Å². The highest BCUT2D eigenvalue weighted by molar-refractivity contribution is 6.33. The summed E-state index contributed by atoms with van der Waals surface area (Å²) in [5.74, 6) is -0.0697. The molecule has 150 valence electrons. The molecule has 2 aromatic carbocycles. The number of non-ortho nitro benzene ring substituents is 1. The number of hydrogen-bond donors (Lipinski definition) is 1. The predicted octanol–water partition coefficient (Wildman–Crippen LogP) is 4.88. The van der Waals surface area contributed by atoms with E-state index in [1.165, 1.54) is 16.8 Å². The van der Waals surface area contributed by atoms with E-state index in [1.807, 2.05) is 26.8 Å². The van der Waals surface area contributed by atoms with Crippen LogP contribution >= 0.6 is 11.6 Å². The summed E-state index contributed by atoms with van der Waals surface area (Å²) in [6.07, 6.45) is 0. The van der Waals surface area contributed by atoms with Crippen molar-refractivity contribution in [2.45, 2.75) is 26.8 Å². The van der Waals surface area contributed by atoms with Gasteiger partial charge in [0, 0.05) is 23.7 Å². The van der Waals surface area contributed by atoms with Crippen molar-refractivity contribution < 1.29 is 9.72 Å². The lowest BCUT2D eigenvalue weighted by atomic mass is 10.1. The number of nitrogens with zero attached hydrogens (tertiary/aromatic N) is 3. The van der Waals surface area contributed by atoms with Gasteiger partial charge in [0.25, 0.3) is 11.6 Å². The molecule has 0 fully saturated rings. The molecule has 0 aliphatic carbocycles. The second-order valence-electron chi connectivity index (χ2n) is 7.09. The number of hydrogen-bond acceptors (Lipinski definition) is 4. The van der Waals surface area contributed by atoms with Crippen LogP contribution in [0.4, 0.5) is 5.69 Å². The van der Waals surface area contributed by atoms with Crippen LogP contribution in [0.25, 0.3) is 16.9 Å². The van der Waals surface area contributed by atoms with E-state index in [1.54, 1.807) is 36.4 Å². The van der Waals surface area contributed by atoms with Crippen LogP contribution in [0.1, 0.15) is 31.3 Å². The van der Waals surface area contributed by atoms with Crippen LogP contribution in [-0.2, 0) is 0 Å². The zero-order chi connectivity index (χ0) is 21.1. The molecule has 8 heteroatoms. The first kappa shape index (κ1) is 20.5. The lowest BCUT2D eigenvalue weighted by molar-refractivity contribution is -0.384. The molecule has 0 saturated carbocycles. The minimum atomic E-state index is -0.484. The van der Waals surface area contributed by atoms with Crippen molar-refractivity contribution in [3.63, 3.8) is 0 Å². The summed E-state index contributed by atoms with van der Waals surface area (Å²) in [5, 5.41) is 19.2. The van der Waals surface area contributed by atoms with Gasteiger partial charge in [0.15, 0.2) is 0 Å². The molecule has 0 bridgehead atoms. The monoisotopic (exact) mass is 412 g/mol. The Bertz CT molecular complexity index is 1060. The highest BCUT2D eigenvalue weighted by Gasteiger charge is 2.21. The molecule has 1 aromatic heterocycles. The second-order valence-corrected chi connectivity index (χ2v) is 7.50. The number of halogens is 1. The van der Waals surface area contributed by atoms with Gasteiger partial charge in [-0.25, -0.2) is 4.68 Å². The van der Waals surface area contributed by atoms with E-state index >= 15 is 0 Å². The van der Waals surface area contributed by atoms with Crippen molar-refractivity contribution in [2.75, 3.05) is 0 Å². The fraction of sp³-hybridized carbons (Fsp3) is 0.238. The molecule has 0 radical (unpaired) electrons. The highest BCUT2D eigenvalue weighted by Crippen LogP contribution is 2.29. The van der Waals surface area contributed by atoms with Crippen LogP contribution in [0.5, 0.6) is 0 Å². The Hall–Kier alpha value is -3.19. The fourth-order valence-corrected chi connectivity index (χ4v) is 2.96. The second kappa shape index (κ2) is 8.45. The maximum Gasteiger partial charge on any atom is 0.271 e. The Balaban J connectivity index is 2.13. The van der Waals surface area contributed by atoms with E-state index in [4.69, 9.17) is 11.6 Å². The van der Waals surface area contributed by atoms with Crippen molar-refractivity contribution in [1.82, 2.24) is 15.1 Å². The van der Waals surface area contributed by atoms with Gasteiger partial charge in [0.05, 0.1) is 21.3 Å². The van der Waals surface area contributed by atoms with E-state index in [-0.39, 0.29) is 29.2 Å². The van der Waals surface area contributed by atoms with E-state index < -0.39 is 4.92 Å². The summed E-state index contributed by atoms with van der Waals surface area (Å²) in [6, 6.07) is 14.8. The molecule has 3 rings (SSSR count). The van der Waals surface area contributed by atoms with Gasteiger partial charge < -0.3 is 5.32 Å². The first-order valence-electron chi connectivity index (χ1n) is 9.18. The maximum absolute atomic E-state index is 13.0. The molecule has 7 nitrogen and oxygen atoms in total. The predicted molar refractivity (Wildman–Crippen MR) is 112 cm³/mol. The number of carbonyl (C=O) groups excluding carboxylic acids is 1. The summed E-state index contributed by atoms with van der Waals surface area (Å²) in [4.78, 5) is 23.7. The van der Waals surface area contributed by atoms with Crippen LogP contribution in [0, 0.1) is 16.0 Å². The van der Waals surface area contributed by atoms with Crippen LogP contribution < -0.4 is 5.32 Å². The maximum atomic E-state index is 13.0. The molecule has 29 heavy (non-hydrogen) atoms. The molecule has 1 heterocycles. The SMILES string of the molecule is CC(C)[C@@H](C)NC(=O)c1cc(-c2ccccc2Cl)nn1-c1cccc([N+](=O)[O-])c1. The quantitative estimate of drug-likeness (QED) is 0.461. The summed E-state index contributed by atoms with van der Waals surface area (Å²) < 4.78 is 1.41. The Morgan fingerprint density at radius 1 is 1.14 bits per heavy atom. The molecule has 3 aromatic rings. The van der Waals surface area contributed by atoms with Gasteiger partial charge in [-0.2, -0.15) is 5.10 Å². The lowest BCUT2D eigenvalue weighted by Crippen LogP contribution is -2.37. The van der Waals surface area contributed by atoms with Gasteiger partial charge in [-0.05, 0) is 31.0 Å². The summed E-state index contributed by atoms with van der Waals surface area (Å²) >= 11 is 6.30. The third kappa shape index (κ3) is 4.46. The van der Waals surface area contributed by atoms with Crippen molar-refractivity contribution >= 4 is 23.2 Å². The Morgan fingerprint density at radius 3 is 2.52 bits per heavy atom. The number of nitrogens with one attached hydrogen (secondary N) is 1. The number of aromatic nitrogens is 2. The Labute approximate surface area is 173 Å². The normalized spacial score (nSPS) is 12.0. The van der Waals surface area contributed by atoms with Crippen molar-refractivity contribution in [1.29, 1.82) is 0 Å². The smallest absolute Gasteiger partial charge is 0.271 e. The fourth-order valence-electron chi connectivity index (χ4n) is 2.73. The van der Waals surface area contributed by atoms with Crippen LogP contribution in [0.3, 0.4) is 0 Å². The van der Waals surface area contributed by atoms with Gasteiger partial charge >= 0.3 is 0 Å². The molecule has 0 aliphatic heterocycles. The zero-order valence-corrected chi connectivity index (χ0v) is 17.1. The first-order valence-corrected chi connectivity index (χ1v) is 9.56. The molecular weight excluding hydrogens is 392 g/mol. The van der Waals surface area contributed by atoms with Crippen molar-refractivity contribution in [3.05, 3.63) is 75.4 Å². The number of rotatable bonds is 6. The average Bonchev–Trinajstić information content (AvgIpc) is 3.13. The van der Waals surface area contributed by atoms with Gasteiger partial charge in [-0.1, -0.05) is 49.7 Å². The van der Waals surface area contributed by atoms with E-state index in [0.717, 1.165) is 0 Å². The lowest BCUT2D eigenvalue weighted by Gasteiger charge is -2.17. The van der Waals surface area contributed by atoms with Crippen LogP contribution in [0.15, 0.2) is 54.6 Å². The van der Waals surface area contributed by atoms with Gasteiger partial charge in [0.1, 0.15) is 5.69 Å². The average molecular weight is 413 g/mol. The molecule has 0 unspecified atom stereocenters. The first-order chi connectivity index (χ1) is 13.8. The number of amides is 1. The summed E-state index contributed by atoms with van der Waals surface area (Å²) in [6.45, 7) is 5.95.